The Hall–Kier alpha value is -2.96. The van der Waals surface area contributed by atoms with Crippen molar-refractivity contribution in [1.29, 1.82) is 0 Å². The fourth-order valence-corrected chi connectivity index (χ4v) is 3.00. The molecular weight excluding hydrogens is 318 g/mol. The SMILES string of the molecule is O=c1ccccn1Cc1nc(-c2ccc(N3CCCCC3)nc2)no1. The highest BCUT2D eigenvalue weighted by atomic mass is 16.5. The summed E-state index contributed by atoms with van der Waals surface area (Å²) in [6.45, 7) is 2.38. The van der Waals surface area contributed by atoms with Gasteiger partial charge in [-0.3, -0.25) is 4.79 Å². The first-order valence-electron chi connectivity index (χ1n) is 8.49. The van der Waals surface area contributed by atoms with Crippen LogP contribution in [0.3, 0.4) is 0 Å². The normalized spacial score (nSPS) is 14.6. The topological polar surface area (TPSA) is 77.1 Å². The van der Waals surface area contributed by atoms with Crippen LogP contribution in [0.1, 0.15) is 25.2 Å². The predicted octanol–water partition coefficient (Wildman–Crippen LogP) is 2.33. The molecule has 7 nitrogen and oxygen atoms in total. The maximum Gasteiger partial charge on any atom is 0.250 e. The Kier molecular flexibility index (Phi) is 4.28. The van der Waals surface area contributed by atoms with Crippen LogP contribution in [-0.2, 0) is 6.54 Å². The molecule has 1 aliphatic rings. The van der Waals surface area contributed by atoms with Gasteiger partial charge in [-0.25, -0.2) is 4.98 Å². The quantitative estimate of drug-likeness (QED) is 0.727. The molecule has 0 aliphatic carbocycles. The standard InChI is InChI=1S/C18H19N5O2/c24-17-6-2-5-11-23(17)13-16-20-18(21-25-16)14-7-8-15(19-12-14)22-9-3-1-4-10-22/h2,5-8,11-12H,1,3-4,9-10,13H2. The monoisotopic (exact) mass is 337 g/mol. The Morgan fingerprint density at radius 2 is 1.96 bits per heavy atom. The molecule has 4 heterocycles. The summed E-state index contributed by atoms with van der Waals surface area (Å²) >= 11 is 0. The number of anilines is 1. The molecule has 4 rings (SSSR count). The number of rotatable bonds is 4. The van der Waals surface area contributed by atoms with E-state index in [9.17, 15) is 4.79 Å². The second-order valence-corrected chi connectivity index (χ2v) is 6.13. The number of aromatic nitrogens is 4. The highest BCUT2D eigenvalue weighted by molar-refractivity contribution is 5.55. The van der Waals surface area contributed by atoms with Crippen molar-refractivity contribution in [2.45, 2.75) is 25.8 Å². The Morgan fingerprint density at radius 3 is 2.72 bits per heavy atom. The van der Waals surface area contributed by atoms with Gasteiger partial charge in [-0.2, -0.15) is 4.98 Å². The van der Waals surface area contributed by atoms with Gasteiger partial charge in [0.15, 0.2) is 0 Å². The molecule has 25 heavy (non-hydrogen) atoms. The van der Waals surface area contributed by atoms with Crippen molar-refractivity contribution in [2.75, 3.05) is 18.0 Å². The van der Waals surface area contributed by atoms with Crippen LogP contribution in [0.2, 0.25) is 0 Å². The fourth-order valence-electron chi connectivity index (χ4n) is 3.00. The zero-order chi connectivity index (χ0) is 17.1. The molecule has 0 saturated carbocycles. The van der Waals surface area contributed by atoms with E-state index in [1.54, 1.807) is 24.5 Å². The van der Waals surface area contributed by atoms with E-state index in [-0.39, 0.29) is 12.1 Å². The molecule has 0 amide bonds. The zero-order valence-corrected chi connectivity index (χ0v) is 13.8. The Balaban J connectivity index is 1.50. The summed E-state index contributed by atoms with van der Waals surface area (Å²) in [7, 11) is 0. The van der Waals surface area contributed by atoms with E-state index >= 15 is 0 Å². The molecule has 7 heteroatoms. The number of piperidine rings is 1. The molecule has 0 bridgehead atoms. The van der Waals surface area contributed by atoms with E-state index < -0.39 is 0 Å². The lowest BCUT2D eigenvalue weighted by atomic mass is 10.1. The number of hydrogen-bond acceptors (Lipinski definition) is 6. The van der Waals surface area contributed by atoms with E-state index in [0.717, 1.165) is 24.5 Å². The van der Waals surface area contributed by atoms with E-state index in [0.29, 0.717) is 11.7 Å². The maximum absolute atomic E-state index is 11.7. The lowest BCUT2D eigenvalue weighted by molar-refractivity contribution is 0.370. The van der Waals surface area contributed by atoms with Crippen molar-refractivity contribution >= 4 is 5.82 Å². The first-order valence-corrected chi connectivity index (χ1v) is 8.49. The second kappa shape index (κ2) is 6.88. The van der Waals surface area contributed by atoms with Crippen LogP contribution in [0.5, 0.6) is 0 Å². The molecule has 1 saturated heterocycles. The third-order valence-corrected chi connectivity index (χ3v) is 4.36. The van der Waals surface area contributed by atoms with Crippen molar-refractivity contribution in [3.8, 4) is 11.4 Å². The molecule has 0 spiro atoms. The van der Waals surface area contributed by atoms with Crippen molar-refractivity contribution in [3.63, 3.8) is 0 Å². The van der Waals surface area contributed by atoms with Crippen LogP contribution in [0.25, 0.3) is 11.4 Å². The molecule has 0 atom stereocenters. The molecule has 0 radical (unpaired) electrons. The van der Waals surface area contributed by atoms with Crippen molar-refractivity contribution in [3.05, 3.63) is 59.0 Å². The first-order chi connectivity index (χ1) is 12.3. The van der Waals surface area contributed by atoms with Gasteiger partial charge in [-0.05, 0) is 37.5 Å². The van der Waals surface area contributed by atoms with Gasteiger partial charge in [0.1, 0.15) is 12.4 Å². The van der Waals surface area contributed by atoms with Crippen LogP contribution >= 0.6 is 0 Å². The van der Waals surface area contributed by atoms with Crippen LogP contribution in [0, 0.1) is 0 Å². The number of hydrogen-bond donors (Lipinski definition) is 0. The zero-order valence-electron chi connectivity index (χ0n) is 13.8. The molecule has 1 fully saturated rings. The highest BCUT2D eigenvalue weighted by Gasteiger charge is 2.14. The predicted molar refractivity (Wildman–Crippen MR) is 93.4 cm³/mol. The molecule has 0 N–H and O–H groups in total. The van der Waals surface area contributed by atoms with Gasteiger partial charge >= 0.3 is 0 Å². The molecule has 3 aromatic heterocycles. The van der Waals surface area contributed by atoms with Gasteiger partial charge in [0.05, 0.1) is 0 Å². The van der Waals surface area contributed by atoms with Gasteiger partial charge in [-0.1, -0.05) is 11.2 Å². The minimum absolute atomic E-state index is 0.102. The third-order valence-electron chi connectivity index (χ3n) is 4.36. The Morgan fingerprint density at radius 1 is 1.08 bits per heavy atom. The smallest absolute Gasteiger partial charge is 0.250 e. The molecule has 0 unspecified atom stereocenters. The summed E-state index contributed by atoms with van der Waals surface area (Å²) in [6, 6.07) is 8.95. The van der Waals surface area contributed by atoms with Crippen LogP contribution in [-0.4, -0.2) is 32.8 Å². The van der Waals surface area contributed by atoms with Crippen LogP contribution in [0.4, 0.5) is 5.82 Å². The van der Waals surface area contributed by atoms with Gasteiger partial charge in [0.2, 0.25) is 11.7 Å². The molecule has 1 aliphatic heterocycles. The van der Waals surface area contributed by atoms with E-state index in [2.05, 4.69) is 20.0 Å². The molecular formula is C18H19N5O2. The van der Waals surface area contributed by atoms with Crippen molar-refractivity contribution < 1.29 is 4.52 Å². The average Bonchev–Trinajstić information content (AvgIpc) is 3.13. The molecule has 3 aromatic rings. The molecule has 128 valence electrons. The lowest BCUT2D eigenvalue weighted by Crippen LogP contribution is -2.29. The van der Waals surface area contributed by atoms with Crippen LogP contribution in [0.15, 0.2) is 52.0 Å². The third kappa shape index (κ3) is 3.45. The van der Waals surface area contributed by atoms with Crippen LogP contribution < -0.4 is 10.5 Å². The highest BCUT2D eigenvalue weighted by Crippen LogP contribution is 2.21. The van der Waals surface area contributed by atoms with E-state index in [1.807, 2.05) is 12.1 Å². The van der Waals surface area contributed by atoms with Crippen molar-refractivity contribution in [1.82, 2.24) is 19.7 Å². The first kappa shape index (κ1) is 15.6. The number of pyridine rings is 2. The Labute approximate surface area is 144 Å². The summed E-state index contributed by atoms with van der Waals surface area (Å²) in [6.07, 6.45) is 7.20. The minimum Gasteiger partial charge on any atom is -0.357 e. The second-order valence-electron chi connectivity index (χ2n) is 6.13. The minimum atomic E-state index is -0.102. The average molecular weight is 337 g/mol. The van der Waals surface area contributed by atoms with Gasteiger partial charge < -0.3 is 14.0 Å². The summed E-state index contributed by atoms with van der Waals surface area (Å²) in [5.41, 5.74) is 0.700. The fraction of sp³-hybridized carbons (Fsp3) is 0.333. The van der Waals surface area contributed by atoms with Gasteiger partial charge in [0.25, 0.3) is 5.56 Å². The Bertz CT molecular complexity index is 894. The van der Waals surface area contributed by atoms with E-state index in [1.165, 1.54) is 29.9 Å². The van der Waals surface area contributed by atoms with E-state index in [4.69, 9.17) is 4.52 Å². The maximum atomic E-state index is 11.7. The summed E-state index contributed by atoms with van der Waals surface area (Å²) in [5.74, 6) is 1.86. The summed E-state index contributed by atoms with van der Waals surface area (Å²) in [4.78, 5) is 23.0. The largest absolute Gasteiger partial charge is 0.357 e. The van der Waals surface area contributed by atoms with Gasteiger partial charge in [-0.15, -0.1) is 0 Å². The lowest BCUT2D eigenvalue weighted by Gasteiger charge is -2.27. The molecule has 0 aromatic carbocycles. The summed E-state index contributed by atoms with van der Waals surface area (Å²) in [5, 5.41) is 4.00. The number of nitrogens with zero attached hydrogens (tertiary/aromatic N) is 5. The van der Waals surface area contributed by atoms with Crippen molar-refractivity contribution in [2.24, 2.45) is 0 Å². The summed E-state index contributed by atoms with van der Waals surface area (Å²) < 4.78 is 6.79. The van der Waals surface area contributed by atoms with Gasteiger partial charge in [0, 0.05) is 37.1 Å².